The summed E-state index contributed by atoms with van der Waals surface area (Å²) in [5, 5.41) is 9.87. The third kappa shape index (κ3) is 3.43. The Balaban J connectivity index is 1.95. The van der Waals surface area contributed by atoms with Gasteiger partial charge < -0.3 is 4.74 Å². The van der Waals surface area contributed by atoms with Crippen molar-refractivity contribution in [3.05, 3.63) is 29.3 Å². The molecule has 2 rings (SSSR count). The van der Waals surface area contributed by atoms with Crippen molar-refractivity contribution in [2.75, 3.05) is 7.11 Å². The van der Waals surface area contributed by atoms with Crippen LogP contribution in [0.2, 0.25) is 0 Å². The number of nitrogens with zero attached hydrogens (tertiary/aromatic N) is 1. The first-order valence-corrected chi connectivity index (χ1v) is 7.57. The molecule has 1 aromatic carbocycles. The number of methoxy groups -OCH3 is 1. The van der Waals surface area contributed by atoms with E-state index < -0.39 is 0 Å². The Labute approximate surface area is 113 Å². The first-order chi connectivity index (χ1) is 8.83. The maximum atomic E-state index is 9.05. The average molecular weight is 261 g/mol. The number of ether oxygens (including phenoxy) is 1. The molecule has 1 aromatic rings. The van der Waals surface area contributed by atoms with Crippen LogP contribution >= 0.6 is 11.8 Å². The Morgan fingerprint density at radius 3 is 2.78 bits per heavy atom. The third-order valence-electron chi connectivity index (χ3n) is 3.42. The monoisotopic (exact) mass is 261 g/mol. The van der Waals surface area contributed by atoms with Crippen LogP contribution in [0.3, 0.4) is 0 Å². The van der Waals surface area contributed by atoms with Crippen molar-refractivity contribution in [2.24, 2.45) is 0 Å². The summed E-state index contributed by atoms with van der Waals surface area (Å²) >= 11 is 2.03. The molecule has 0 unspecified atom stereocenters. The van der Waals surface area contributed by atoms with Gasteiger partial charge in [0.05, 0.1) is 12.7 Å². The highest BCUT2D eigenvalue weighted by Crippen LogP contribution is 2.31. The summed E-state index contributed by atoms with van der Waals surface area (Å²) in [5.74, 6) is 1.67. The highest BCUT2D eigenvalue weighted by atomic mass is 32.2. The van der Waals surface area contributed by atoms with E-state index in [9.17, 15) is 0 Å². The summed E-state index contributed by atoms with van der Waals surface area (Å²) in [5.41, 5.74) is 1.86. The standard InChI is InChI=1S/C15H19NOS/c1-17-15-8-7-12(9-13(15)10-16)11-18-14-5-3-2-4-6-14/h7-9,14H,2-6,11H2,1H3. The topological polar surface area (TPSA) is 33.0 Å². The van der Waals surface area contributed by atoms with E-state index >= 15 is 0 Å². The number of rotatable bonds is 4. The average Bonchev–Trinajstić information content (AvgIpc) is 2.45. The molecule has 18 heavy (non-hydrogen) atoms. The van der Waals surface area contributed by atoms with Crippen molar-refractivity contribution in [2.45, 2.75) is 43.1 Å². The zero-order valence-electron chi connectivity index (χ0n) is 10.8. The fraction of sp³-hybridized carbons (Fsp3) is 0.533. The second-order valence-electron chi connectivity index (χ2n) is 4.72. The van der Waals surface area contributed by atoms with Crippen molar-refractivity contribution in [1.82, 2.24) is 0 Å². The maximum Gasteiger partial charge on any atom is 0.136 e. The van der Waals surface area contributed by atoms with Crippen LogP contribution in [0.1, 0.15) is 43.2 Å². The van der Waals surface area contributed by atoms with Gasteiger partial charge in [0.15, 0.2) is 0 Å². The quantitative estimate of drug-likeness (QED) is 0.817. The summed E-state index contributed by atoms with van der Waals surface area (Å²) in [6.45, 7) is 0. The first kappa shape index (κ1) is 13.3. The van der Waals surface area contributed by atoms with Crippen LogP contribution in [-0.4, -0.2) is 12.4 Å². The lowest BCUT2D eigenvalue weighted by Crippen LogP contribution is -2.08. The van der Waals surface area contributed by atoms with Crippen LogP contribution < -0.4 is 4.74 Å². The minimum Gasteiger partial charge on any atom is -0.495 e. The SMILES string of the molecule is COc1ccc(CSC2CCCCC2)cc1C#N. The lowest BCUT2D eigenvalue weighted by molar-refractivity contribution is 0.413. The summed E-state index contributed by atoms with van der Waals surface area (Å²) < 4.78 is 5.16. The van der Waals surface area contributed by atoms with E-state index in [2.05, 4.69) is 12.1 Å². The van der Waals surface area contributed by atoms with Gasteiger partial charge in [-0.1, -0.05) is 25.3 Å². The molecule has 0 amide bonds. The van der Waals surface area contributed by atoms with Crippen LogP contribution in [0, 0.1) is 11.3 Å². The Bertz CT molecular complexity index is 433. The molecule has 0 atom stereocenters. The number of hydrogen-bond acceptors (Lipinski definition) is 3. The molecule has 1 aliphatic rings. The minimum absolute atomic E-state index is 0.638. The van der Waals surface area contributed by atoms with Gasteiger partial charge in [-0.05, 0) is 30.5 Å². The molecule has 0 saturated heterocycles. The molecular weight excluding hydrogens is 242 g/mol. The molecule has 0 radical (unpaired) electrons. The van der Waals surface area contributed by atoms with E-state index in [0.717, 1.165) is 11.0 Å². The predicted octanol–water partition coefficient (Wildman–Crippen LogP) is 4.13. The van der Waals surface area contributed by atoms with E-state index in [1.165, 1.54) is 37.7 Å². The van der Waals surface area contributed by atoms with Gasteiger partial charge in [0.25, 0.3) is 0 Å². The fourth-order valence-electron chi connectivity index (χ4n) is 2.38. The van der Waals surface area contributed by atoms with Crippen molar-refractivity contribution < 1.29 is 4.74 Å². The van der Waals surface area contributed by atoms with Gasteiger partial charge in [-0.15, -0.1) is 0 Å². The summed E-state index contributed by atoms with van der Waals surface area (Å²) in [6, 6.07) is 8.11. The fourth-order valence-corrected chi connectivity index (χ4v) is 3.65. The zero-order chi connectivity index (χ0) is 12.8. The minimum atomic E-state index is 0.638. The third-order valence-corrected chi connectivity index (χ3v) is 4.87. The first-order valence-electron chi connectivity index (χ1n) is 6.52. The van der Waals surface area contributed by atoms with Gasteiger partial charge in [-0.3, -0.25) is 0 Å². The Kier molecular flexibility index (Phi) is 4.95. The van der Waals surface area contributed by atoms with Gasteiger partial charge >= 0.3 is 0 Å². The van der Waals surface area contributed by atoms with Crippen molar-refractivity contribution >= 4 is 11.8 Å². The Morgan fingerprint density at radius 1 is 1.33 bits per heavy atom. The number of thioether (sulfide) groups is 1. The van der Waals surface area contributed by atoms with Crippen LogP contribution in [0.25, 0.3) is 0 Å². The summed E-state index contributed by atoms with van der Waals surface area (Å²) in [7, 11) is 1.60. The maximum absolute atomic E-state index is 9.05. The normalized spacial score (nSPS) is 16.2. The van der Waals surface area contributed by atoms with E-state index in [4.69, 9.17) is 10.00 Å². The molecule has 0 spiro atoms. The van der Waals surface area contributed by atoms with Crippen molar-refractivity contribution in [1.29, 1.82) is 5.26 Å². The van der Waals surface area contributed by atoms with Gasteiger partial charge in [0.1, 0.15) is 11.8 Å². The Hall–Kier alpha value is -1.14. The van der Waals surface area contributed by atoms with Gasteiger partial charge in [-0.2, -0.15) is 17.0 Å². The molecule has 0 aliphatic heterocycles. The van der Waals surface area contributed by atoms with Gasteiger partial charge in [-0.25, -0.2) is 0 Å². The van der Waals surface area contributed by atoms with E-state index in [-0.39, 0.29) is 0 Å². The lowest BCUT2D eigenvalue weighted by atomic mass is 10.0. The molecule has 2 nitrogen and oxygen atoms in total. The van der Waals surface area contributed by atoms with Crippen molar-refractivity contribution in [3.8, 4) is 11.8 Å². The molecule has 0 N–H and O–H groups in total. The van der Waals surface area contributed by atoms with Crippen LogP contribution in [-0.2, 0) is 5.75 Å². The zero-order valence-corrected chi connectivity index (χ0v) is 11.6. The molecule has 96 valence electrons. The number of hydrogen-bond donors (Lipinski definition) is 0. The second kappa shape index (κ2) is 6.70. The molecule has 1 aliphatic carbocycles. The highest BCUT2D eigenvalue weighted by Gasteiger charge is 2.14. The van der Waals surface area contributed by atoms with E-state index in [1.54, 1.807) is 7.11 Å². The van der Waals surface area contributed by atoms with E-state index in [1.807, 2.05) is 23.9 Å². The van der Waals surface area contributed by atoms with Gasteiger partial charge in [0, 0.05) is 11.0 Å². The Morgan fingerprint density at radius 2 is 2.11 bits per heavy atom. The molecule has 0 bridgehead atoms. The lowest BCUT2D eigenvalue weighted by Gasteiger charge is -2.21. The predicted molar refractivity (Wildman–Crippen MR) is 75.9 cm³/mol. The highest BCUT2D eigenvalue weighted by molar-refractivity contribution is 7.99. The largest absolute Gasteiger partial charge is 0.495 e. The molecule has 1 fully saturated rings. The summed E-state index contributed by atoms with van der Waals surface area (Å²) in [6.07, 6.45) is 6.86. The smallest absolute Gasteiger partial charge is 0.136 e. The molecular formula is C15H19NOS. The van der Waals surface area contributed by atoms with Crippen LogP contribution in [0.4, 0.5) is 0 Å². The molecule has 1 saturated carbocycles. The van der Waals surface area contributed by atoms with Crippen LogP contribution in [0.15, 0.2) is 18.2 Å². The molecule has 3 heteroatoms. The molecule has 0 heterocycles. The number of nitriles is 1. The number of benzene rings is 1. The van der Waals surface area contributed by atoms with E-state index in [0.29, 0.717) is 11.3 Å². The van der Waals surface area contributed by atoms with Gasteiger partial charge in [0.2, 0.25) is 0 Å². The van der Waals surface area contributed by atoms with Crippen molar-refractivity contribution in [3.63, 3.8) is 0 Å². The molecule has 0 aromatic heterocycles. The second-order valence-corrected chi connectivity index (χ2v) is 6.01. The summed E-state index contributed by atoms with van der Waals surface area (Å²) in [4.78, 5) is 0. The van der Waals surface area contributed by atoms with Crippen LogP contribution in [0.5, 0.6) is 5.75 Å².